The molecule has 0 aliphatic heterocycles. The zero-order valence-corrected chi connectivity index (χ0v) is 22.5. The lowest BCUT2D eigenvalue weighted by atomic mass is 10.0. The molecule has 2 amide bonds. The Kier molecular flexibility index (Phi) is 9.67. The molecular weight excluding hydrogens is 499 g/mol. The van der Waals surface area contributed by atoms with Crippen LogP contribution in [0, 0.1) is 0 Å². The van der Waals surface area contributed by atoms with E-state index >= 15 is 0 Å². The van der Waals surface area contributed by atoms with E-state index in [0.29, 0.717) is 16.5 Å². The molecule has 0 aliphatic carbocycles. The maximum Gasteiger partial charge on any atom is 0.243 e. The number of benzene rings is 3. The summed E-state index contributed by atoms with van der Waals surface area (Å²) in [5.41, 5.74) is 1.41. The van der Waals surface area contributed by atoms with Crippen molar-refractivity contribution in [3.8, 4) is 0 Å². The number of carbonyl (C=O) groups is 2. The van der Waals surface area contributed by atoms with Crippen LogP contribution in [0.3, 0.4) is 0 Å². The van der Waals surface area contributed by atoms with E-state index in [1.165, 1.54) is 11.8 Å². The summed E-state index contributed by atoms with van der Waals surface area (Å²) in [6.45, 7) is 6.08. The molecule has 3 rings (SSSR count). The highest BCUT2D eigenvalue weighted by Crippen LogP contribution is 2.23. The van der Waals surface area contributed by atoms with E-state index < -0.39 is 11.6 Å². The maximum absolute atomic E-state index is 13.6. The largest absolute Gasteiger partial charge is 0.350 e. The van der Waals surface area contributed by atoms with E-state index in [9.17, 15) is 9.59 Å². The number of thioether (sulfide) groups is 1. The molecule has 0 saturated carbocycles. The van der Waals surface area contributed by atoms with Crippen molar-refractivity contribution >= 4 is 46.8 Å². The van der Waals surface area contributed by atoms with Gasteiger partial charge in [-0.05, 0) is 68.3 Å². The van der Waals surface area contributed by atoms with Crippen molar-refractivity contribution in [2.24, 2.45) is 0 Å². The summed E-state index contributed by atoms with van der Waals surface area (Å²) in [6, 6.07) is 23.8. The van der Waals surface area contributed by atoms with Crippen LogP contribution in [0.25, 0.3) is 0 Å². The first-order valence-corrected chi connectivity index (χ1v) is 13.1. The van der Waals surface area contributed by atoms with Crippen molar-refractivity contribution in [2.45, 2.75) is 50.2 Å². The van der Waals surface area contributed by atoms with Crippen molar-refractivity contribution in [1.82, 2.24) is 10.2 Å². The fourth-order valence-electron chi connectivity index (χ4n) is 3.60. The van der Waals surface area contributed by atoms with Gasteiger partial charge in [0.1, 0.15) is 6.04 Å². The lowest BCUT2D eigenvalue weighted by molar-refractivity contribution is -0.140. The molecule has 0 aromatic heterocycles. The molecule has 0 fully saturated rings. The number of hydrogen-bond acceptors (Lipinski definition) is 3. The second-order valence-corrected chi connectivity index (χ2v) is 11.3. The average molecular weight is 530 g/mol. The zero-order valence-electron chi connectivity index (χ0n) is 20.1. The lowest BCUT2D eigenvalue weighted by Gasteiger charge is -2.34. The predicted molar refractivity (Wildman–Crippen MR) is 146 cm³/mol. The van der Waals surface area contributed by atoms with E-state index in [0.717, 1.165) is 16.0 Å². The third-order valence-electron chi connectivity index (χ3n) is 5.19. The van der Waals surface area contributed by atoms with E-state index in [1.54, 1.807) is 23.1 Å². The summed E-state index contributed by atoms with van der Waals surface area (Å²) in [4.78, 5) is 29.8. The fraction of sp³-hybridized carbons (Fsp3) is 0.286. The third kappa shape index (κ3) is 8.92. The molecule has 0 heterocycles. The van der Waals surface area contributed by atoms with Gasteiger partial charge in [-0.1, -0.05) is 65.7 Å². The van der Waals surface area contributed by atoms with Crippen LogP contribution in [0.15, 0.2) is 83.8 Å². The Bertz CT molecular complexity index is 1130. The van der Waals surface area contributed by atoms with Crippen LogP contribution in [0.5, 0.6) is 0 Å². The number of halogens is 2. The van der Waals surface area contributed by atoms with E-state index in [1.807, 2.05) is 81.4 Å². The van der Waals surface area contributed by atoms with Gasteiger partial charge in [0, 0.05) is 33.4 Å². The smallest absolute Gasteiger partial charge is 0.243 e. The van der Waals surface area contributed by atoms with Crippen LogP contribution in [-0.2, 0) is 22.6 Å². The first-order chi connectivity index (χ1) is 16.6. The Morgan fingerprint density at radius 3 is 2.17 bits per heavy atom. The van der Waals surface area contributed by atoms with Crippen LogP contribution < -0.4 is 5.32 Å². The van der Waals surface area contributed by atoms with Crippen molar-refractivity contribution in [2.75, 3.05) is 5.75 Å². The first-order valence-electron chi connectivity index (χ1n) is 11.4. The van der Waals surface area contributed by atoms with Crippen molar-refractivity contribution in [3.05, 3.63) is 100 Å². The van der Waals surface area contributed by atoms with Gasteiger partial charge in [0.15, 0.2) is 0 Å². The molecule has 35 heavy (non-hydrogen) atoms. The molecule has 4 nitrogen and oxygen atoms in total. The van der Waals surface area contributed by atoms with Crippen LogP contribution in [0.1, 0.15) is 31.9 Å². The monoisotopic (exact) mass is 528 g/mol. The molecule has 0 aliphatic rings. The number of amides is 2. The van der Waals surface area contributed by atoms with Crippen molar-refractivity contribution in [1.29, 1.82) is 0 Å². The zero-order chi connectivity index (χ0) is 25.4. The van der Waals surface area contributed by atoms with Gasteiger partial charge in [0.05, 0.1) is 5.75 Å². The molecule has 1 N–H and O–H groups in total. The van der Waals surface area contributed by atoms with Crippen LogP contribution in [0.2, 0.25) is 10.0 Å². The van der Waals surface area contributed by atoms with Crippen LogP contribution in [-0.4, -0.2) is 34.0 Å². The minimum Gasteiger partial charge on any atom is -0.350 e. The van der Waals surface area contributed by atoms with Crippen molar-refractivity contribution in [3.63, 3.8) is 0 Å². The van der Waals surface area contributed by atoms with Gasteiger partial charge in [-0.3, -0.25) is 9.59 Å². The highest BCUT2D eigenvalue weighted by Gasteiger charge is 2.32. The van der Waals surface area contributed by atoms with E-state index in [2.05, 4.69) is 5.32 Å². The van der Waals surface area contributed by atoms with Gasteiger partial charge >= 0.3 is 0 Å². The normalized spacial score (nSPS) is 12.1. The second-order valence-electron chi connectivity index (χ2n) is 9.34. The Morgan fingerprint density at radius 1 is 0.886 bits per heavy atom. The molecule has 1 atom stereocenters. The lowest BCUT2D eigenvalue weighted by Crippen LogP contribution is -2.54. The van der Waals surface area contributed by atoms with Crippen LogP contribution in [0.4, 0.5) is 0 Å². The van der Waals surface area contributed by atoms with E-state index in [4.69, 9.17) is 23.2 Å². The van der Waals surface area contributed by atoms with Crippen molar-refractivity contribution < 1.29 is 9.59 Å². The highest BCUT2D eigenvalue weighted by molar-refractivity contribution is 8.00. The molecule has 0 bridgehead atoms. The molecule has 7 heteroatoms. The predicted octanol–water partition coefficient (Wildman–Crippen LogP) is 6.64. The number of nitrogens with zero attached hydrogens (tertiary/aromatic N) is 1. The SMILES string of the molecule is CC(C)(C)NC(=O)[C@H](Cc1ccccc1)N(Cc1cccc(Cl)c1)C(=O)CSc1ccc(Cl)cc1. The summed E-state index contributed by atoms with van der Waals surface area (Å²) < 4.78 is 0. The molecular formula is C28H30Cl2N2O2S. The minimum absolute atomic E-state index is 0.130. The van der Waals surface area contributed by atoms with Gasteiger partial charge < -0.3 is 10.2 Å². The van der Waals surface area contributed by atoms with Gasteiger partial charge in [-0.2, -0.15) is 0 Å². The quantitative estimate of drug-likeness (QED) is 0.316. The maximum atomic E-state index is 13.6. The molecule has 0 spiro atoms. The summed E-state index contributed by atoms with van der Waals surface area (Å²) in [7, 11) is 0. The average Bonchev–Trinajstić information content (AvgIpc) is 2.80. The Morgan fingerprint density at radius 2 is 1.54 bits per heavy atom. The highest BCUT2D eigenvalue weighted by atomic mass is 35.5. The van der Waals surface area contributed by atoms with E-state index in [-0.39, 0.29) is 24.1 Å². The second kappa shape index (κ2) is 12.5. The van der Waals surface area contributed by atoms with Gasteiger partial charge in [-0.15, -0.1) is 11.8 Å². The Balaban J connectivity index is 1.92. The minimum atomic E-state index is -0.686. The molecule has 0 unspecified atom stereocenters. The molecule has 3 aromatic rings. The fourth-order valence-corrected chi connectivity index (χ4v) is 4.72. The third-order valence-corrected chi connectivity index (χ3v) is 6.67. The molecule has 3 aromatic carbocycles. The number of hydrogen-bond donors (Lipinski definition) is 1. The summed E-state index contributed by atoms with van der Waals surface area (Å²) in [6.07, 6.45) is 0.403. The summed E-state index contributed by atoms with van der Waals surface area (Å²) >= 11 is 13.6. The van der Waals surface area contributed by atoms with Gasteiger partial charge in [-0.25, -0.2) is 0 Å². The number of carbonyl (C=O) groups excluding carboxylic acids is 2. The molecule has 0 radical (unpaired) electrons. The molecule has 0 saturated heterocycles. The van der Waals surface area contributed by atoms with Crippen LogP contribution >= 0.6 is 35.0 Å². The molecule has 184 valence electrons. The summed E-state index contributed by atoms with van der Waals surface area (Å²) in [5.74, 6) is -0.126. The van der Waals surface area contributed by atoms with Gasteiger partial charge in [0.2, 0.25) is 11.8 Å². The van der Waals surface area contributed by atoms with Gasteiger partial charge in [0.25, 0.3) is 0 Å². The number of nitrogens with one attached hydrogen (secondary N) is 1. The Hall–Kier alpha value is -2.47. The standard InChI is InChI=1S/C28H30Cl2N2O2S/c1-28(2,3)31-27(34)25(17-20-8-5-4-6-9-20)32(18-21-10-7-11-23(30)16-21)26(33)19-35-24-14-12-22(29)13-15-24/h4-16,25H,17-19H2,1-3H3,(H,31,34)/t25-/m0/s1. The topological polar surface area (TPSA) is 49.4 Å². The number of rotatable bonds is 9. The Labute approximate surface area is 222 Å². The first kappa shape index (κ1) is 27.1. The summed E-state index contributed by atoms with van der Waals surface area (Å²) in [5, 5.41) is 4.30.